The van der Waals surface area contributed by atoms with Gasteiger partial charge in [0.05, 0.1) is 0 Å². The molecule has 1 aliphatic carbocycles. The van der Waals surface area contributed by atoms with Crippen LogP contribution in [0.2, 0.25) is 0 Å². The van der Waals surface area contributed by atoms with E-state index >= 15 is 0 Å². The number of benzene rings is 1. The van der Waals surface area contributed by atoms with Gasteiger partial charge < -0.3 is 11.1 Å². The lowest BCUT2D eigenvalue weighted by molar-refractivity contribution is -0.122. The van der Waals surface area contributed by atoms with Crippen LogP contribution >= 0.6 is 0 Å². The predicted octanol–water partition coefficient (Wildman–Crippen LogP) is 2.25. The maximum Gasteiger partial charge on any atom is 0.221 e. The van der Waals surface area contributed by atoms with Gasteiger partial charge in [-0.05, 0) is 37.7 Å². The summed E-state index contributed by atoms with van der Waals surface area (Å²) in [6.07, 6.45) is 5.00. The molecule has 1 fully saturated rings. The third-order valence-corrected chi connectivity index (χ3v) is 3.85. The second-order valence-electron chi connectivity index (χ2n) is 5.74. The van der Waals surface area contributed by atoms with Crippen molar-refractivity contribution >= 4 is 5.91 Å². The fourth-order valence-electron chi connectivity index (χ4n) is 2.95. The van der Waals surface area contributed by atoms with Gasteiger partial charge in [-0.1, -0.05) is 36.8 Å². The third-order valence-electron chi connectivity index (χ3n) is 3.85. The molecule has 1 amide bonds. The fraction of sp³-hybridized carbons (Fsp3) is 0.562. The molecule has 1 aliphatic rings. The molecule has 3 nitrogen and oxygen atoms in total. The van der Waals surface area contributed by atoms with E-state index < -0.39 is 0 Å². The van der Waals surface area contributed by atoms with Gasteiger partial charge in [0, 0.05) is 18.5 Å². The van der Waals surface area contributed by atoms with Crippen molar-refractivity contribution in [2.45, 2.75) is 51.1 Å². The molecule has 3 atom stereocenters. The largest absolute Gasteiger partial charge is 0.353 e. The molecule has 0 aromatic heterocycles. The molecule has 3 unspecified atom stereocenters. The number of hydrogen-bond donors (Lipinski definition) is 2. The average molecular weight is 260 g/mol. The first-order valence-electron chi connectivity index (χ1n) is 7.24. The first-order valence-corrected chi connectivity index (χ1v) is 7.24. The summed E-state index contributed by atoms with van der Waals surface area (Å²) in [6, 6.07) is 10.8. The Bertz CT molecular complexity index is 402. The highest BCUT2D eigenvalue weighted by molar-refractivity contribution is 5.76. The molecule has 19 heavy (non-hydrogen) atoms. The van der Waals surface area contributed by atoms with E-state index in [0.29, 0.717) is 18.4 Å². The highest BCUT2D eigenvalue weighted by Crippen LogP contribution is 2.28. The number of carbonyl (C=O) groups is 1. The molecule has 104 valence electrons. The zero-order chi connectivity index (χ0) is 13.7. The van der Waals surface area contributed by atoms with E-state index in [1.54, 1.807) is 0 Å². The number of hydrogen-bond acceptors (Lipinski definition) is 2. The summed E-state index contributed by atoms with van der Waals surface area (Å²) in [5, 5.41) is 3.16. The van der Waals surface area contributed by atoms with Crippen LogP contribution in [0.3, 0.4) is 0 Å². The highest BCUT2D eigenvalue weighted by Gasteiger charge is 2.28. The Hall–Kier alpha value is -1.35. The Labute approximate surface area is 115 Å². The molecule has 0 bridgehead atoms. The highest BCUT2D eigenvalue weighted by atomic mass is 16.1. The number of carbonyl (C=O) groups excluding carboxylic acids is 1. The van der Waals surface area contributed by atoms with Gasteiger partial charge in [-0.15, -0.1) is 0 Å². The normalized spacial score (nSPS) is 24.1. The van der Waals surface area contributed by atoms with Crippen molar-refractivity contribution in [1.82, 2.24) is 5.32 Å². The van der Waals surface area contributed by atoms with Gasteiger partial charge in [0.25, 0.3) is 0 Å². The lowest BCUT2D eigenvalue weighted by Crippen LogP contribution is -2.40. The van der Waals surface area contributed by atoms with Crippen molar-refractivity contribution in [1.29, 1.82) is 0 Å². The summed E-state index contributed by atoms with van der Waals surface area (Å²) in [5.41, 5.74) is 7.03. The average Bonchev–Trinajstić information content (AvgIpc) is 2.77. The van der Waals surface area contributed by atoms with Crippen LogP contribution in [0, 0.1) is 5.92 Å². The second-order valence-corrected chi connectivity index (χ2v) is 5.74. The Balaban J connectivity index is 1.88. The van der Waals surface area contributed by atoms with Gasteiger partial charge in [0.15, 0.2) is 0 Å². The summed E-state index contributed by atoms with van der Waals surface area (Å²) in [7, 11) is 0. The zero-order valence-electron chi connectivity index (χ0n) is 11.6. The third kappa shape index (κ3) is 4.35. The molecule has 0 spiro atoms. The quantitative estimate of drug-likeness (QED) is 0.853. The molecule has 0 aliphatic heterocycles. The molecule has 3 heteroatoms. The minimum absolute atomic E-state index is 0.0611. The minimum Gasteiger partial charge on any atom is -0.353 e. The van der Waals surface area contributed by atoms with Gasteiger partial charge in [0.2, 0.25) is 5.91 Å². The fourth-order valence-corrected chi connectivity index (χ4v) is 2.95. The lowest BCUT2D eigenvalue weighted by atomic mass is 9.94. The first kappa shape index (κ1) is 14.1. The van der Waals surface area contributed by atoms with E-state index in [0.717, 1.165) is 12.8 Å². The first-order chi connectivity index (χ1) is 9.15. The summed E-state index contributed by atoms with van der Waals surface area (Å²) < 4.78 is 0. The Morgan fingerprint density at radius 2 is 2.11 bits per heavy atom. The van der Waals surface area contributed by atoms with E-state index in [1.807, 2.05) is 13.0 Å². The van der Waals surface area contributed by atoms with Gasteiger partial charge in [0.1, 0.15) is 0 Å². The lowest BCUT2D eigenvalue weighted by Gasteiger charge is -2.21. The maximum absolute atomic E-state index is 11.8. The van der Waals surface area contributed by atoms with Crippen LogP contribution in [0.1, 0.15) is 38.2 Å². The molecule has 0 radical (unpaired) electrons. The van der Waals surface area contributed by atoms with E-state index in [9.17, 15) is 4.79 Å². The summed E-state index contributed by atoms with van der Waals surface area (Å²) in [4.78, 5) is 11.8. The van der Waals surface area contributed by atoms with Crippen LogP contribution in [0.25, 0.3) is 0 Å². The Kier molecular flexibility index (Phi) is 4.97. The molecule has 0 heterocycles. The van der Waals surface area contributed by atoms with E-state index in [-0.39, 0.29) is 11.9 Å². The second kappa shape index (κ2) is 6.71. The molecule has 1 aromatic carbocycles. The van der Waals surface area contributed by atoms with Crippen LogP contribution in [-0.4, -0.2) is 18.0 Å². The molecule has 1 saturated carbocycles. The zero-order valence-corrected chi connectivity index (χ0v) is 11.6. The summed E-state index contributed by atoms with van der Waals surface area (Å²) in [5.74, 6) is 0.666. The van der Waals surface area contributed by atoms with Crippen molar-refractivity contribution < 1.29 is 4.79 Å². The van der Waals surface area contributed by atoms with Crippen molar-refractivity contribution in [2.24, 2.45) is 11.7 Å². The monoisotopic (exact) mass is 260 g/mol. The van der Waals surface area contributed by atoms with Gasteiger partial charge in [-0.2, -0.15) is 0 Å². The minimum atomic E-state index is -0.0611. The SMILES string of the molecule is CC(N)CC(=O)NC1CCCC1Cc1ccccc1. The van der Waals surface area contributed by atoms with Crippen LogP contribution in [0.15, 0.2) is 30.3 Å². The van der Waals surface area contributed by atoms with Crippen LogP contribution in [0.4, 0.5) is 0 Å². The molecule has 3 N–H and O–H groups in total. The van der Waals surface area contributed by atoms with Crippen LogP contribution < -0.4 is 11.1 Å². The smallest absolute Gasteiger partial charge is 0.221 e. The van der Waals surface area contributed by atoms with E-state index in [2.05, 4.69) is 29.6 Å². The number of amides is 1. The molecular weight excluding hydrogens is 236 g/mol. The molecule has 2 rings (SSSR count). The van der Waals surface area contributed by atoms with Gasteiger partial charge in [-0.3, -0.25) is 4.79 Å². The summed E-state index contributed by atoms with van der Waals surface area (Å²) >= 11 is 0. The Morgan fingerprint density at radius 3 is 2.79 bits per heavy atom. The van der Waals surface area contributed by atoms with Crippen molar-refractivity contribution in [3.05, 3.63) is 35.9 Å². The van der Waals surface area contributed by atoms with E-state index in [4.69, 9.17) is 5.73 Å². The van der Waals surface area contributed by atoms with Crippen molar-refractivity contribution in [3.63, 3.8) is 0 Å². The molecule has 1 aromatic rings. The predicted molar refractivity (Wildman–Crippen MR) is 77.7 cm³/mol. The van der Waals surface area contributed by atoms with E-state index in [1.165, 1.54) is 18.4 Å². The summed E-state index contributed by atoms with van der Waals surface area (Å²) in [6.45, 7) is 1.87. The van der Waals surface area contributed by atoms with Crippen molar-refractivity contribution in [3.8, 4) is 0 Å². The number of nitrogens with one attached hydrogen (secondary N) is 1. The number of rotatable bonds is 5. The maximum atomic E-state index is 11.8. The standard InChI is InChI=1S/C16H24N2O/c1-12(17)10-16(19)18-15-9-5-8-14(15)11-13-6-3-2-4-7-13/h2-4,6-7,12,14-15H,5,8-11,17H2,1H3,(H,18,19). The number of nitrogens with two attached hydrogens (primary N) is 1. The van der Waals surface area contributed by atoms with Crippen LogP contribution in [0.5, 0.6) is 0 Å². The van der Waals surface area contributed by atoms with Gasteiger partial charge >= 0.3 is 0 Å². The topological polar surface area (TPSA) is 55.1 Å². The Morgan fingerprint density at radius 1 is 1.37 bits per heavy atom. The molecule has 0 saturated heterocycles. The molecular formula is C16H24N2O. The van der Waals surface area contributed by atoms with Gasteiger partial charge in [-0.25, -0.2) is 0 Å². The van der Waals surface area contributed by atoms with Crippen molar-refractivity contribution in [2.75, 3.05) is 0 Å². The van der Waals surface area contributed by atoms with Crippen LogP contribution in [-0.2, 0) is 11.2 Å².